The molecule has 112 valence electrons. The minimum atomic E-state index is 0.0235. The second-order valence-corrected chi connectivity index (χ2v) is 6.15. The molecule has 0 radical (unpaired) electrons. The number of carbonyl (C=O) groups is 1. The number of amides is 1. The van der Waals surface area contributed by atoms with Gasteiger partial charge in [-0.1, -0.05) is 6.07 Å². The Labute approximate surface area is 130 Å². The van der Waals surface area contributed by atoms with Gasteiger partial charge in [-0.05, 0) is 43.8 Å². The van der Waals surface area contributed by atoms with Crippen molar-refractivity contribution in [2.75, 3.05) is 31.2 Å². The first-order valence-corrected chi connectivity index (χ1v) is 8.49. The number of nitrogens with zero attached hydrogens (tertiary/aromatic N) is 2. The highest BCUT2D eigenvalue weighted by Gasteiger charge is 2.25. The van der Waals surface area contributed by atoms with Crippen molar-refractivity contribution in [3.8, 4) is 6.07 Å². The lowest BCUT2D eigenvalue weighted by Gasteiger charge is -2.31. The molecule has 1 aromatic rings. The number of nitriles is 1. The second kappa shape index (κ2) is 8.06. The Morgan fingerprint density at radius 3 is 3.19 bits per heavy atom. The Bertz CT molecular complexity index is 526. The third-order valence-electron chi connectivity index (χ3n) is 3.75. The van der Waals surface area contributed by atoms with Crippen molar-refractivity contribution in [2.24, 2.45) is 5.92 Å². The maximum atomic E-state index is 12.4. The van der Waals surface area contributed by atoms with Crippen molar-refractivity contribution >= 4 is 23.4 Å². The Morgan fingerprint density at radius 2 is 2.43 bits per heavy atom. The van der Waals surface area contributed by atoms with E-state index in [4.69, 9.17) is 5.26 Å². The van der Waals surface area contributed by atoms with Crippen LogP contribution in [0.5, 0.6) is 0 Å². The molecule has 0 saturated carbocycles. The predicted molar refractivity (Wildman–Crippen MR) is 86.2 cm³/mol. The molecule has 0 aliphatic carbocycles. The van der Waals surface area contributed by atoms with Crippen LogP contribution in [0, 0.1) is 17.2 Å². The van der Waals surface area contributed by atoms with Gasteiger partial charge < -0.3 is 10.2 Å². The SMILES string of the molecule is CSc1cccc(NC(=O)C2CCCN(CCC#N)C2)c1. The summed E-state index contributed by atoms with van der Waals surface area (Å²) >= 11 is 1.66. The summed E-state index contributed by atoms with van der Waals surface area (Å²) in [5.74, 6) is 0.116. The summed E-state index contributed by atoms with van der Waals surface area (Å²) in [7, 11) is 0. The molecule has 5 heteroatoms. The molecule has 0 aromatic heterocycles. The summed E-state index contributed by atoms with van der Waals surface area (Å²) in [6.07, 6.45) is 4.50. The number of piperidine rings is 1. The summed E-state index contributed by atoms with van der Waals surface area (Å²) in [5, 5.41) is 11.7. The Balaban J connectivity index is 1.91. The van der Waals surface area contributed by atoms with E-state index in [2.05, 4.69) is 16.3 Å². The first-order valence-electron chi connectivity index (χ1n) is 7.27. The third-order valence-corrected chi connectivity index (χ3v) is 4.48. The summed E-state index contributed by atoms with van der Waals surface area (Å²) in [5.41, 5.74) is 0.862. The molecule has 1 amide bonds. The zero-order valence-corrected chi connectivity index (χ0v) is 13.2. The van der Waals surface area contributed by atoms with E-state index in [1.165, 1.54) is 0 Å². The Morgan fingerprint density at radius 1 is 1.57 bits per heavy atom. The molecule has 1 fully saturated rings. The number of rotatable bonds is 5. The lowest BCUT2D eigenvalue weighted by molar-refractivity contribution is -0.121. The van der Waals surface area contributed by atoms with E-state index in [0.717, 1.165) is 43.1 Å². The number of nitrogens with one attached hydrogen (secondary N) is 1. The molecule has 1 aromatic carbocycles. The average molecular weight is 303 g/mol. The van der Waals surface area contributed by atoms with Gasteiger partial charge in [0, 0.05) is 30.1 Å². The Kier molecular flexibility index (Phi) is 6.09. The highest BCUT2D eigenvalue weighted by atomic mass is 32.2. The van der Waals surface area contributed by atoms with E-state index in [-0.39, 0.29) is 11.8 Å². The maximum Gasteiger partial charge on any atom is 0.228 e. The van der Waals surface area contributed by atoms with E-state index in [0.29, 0.717) is 6.42 Å². The van der Waals surface area contributed by atoms with Crippen LogP contribution in [0.1, 0.15) is 19.3 Å². The zero-order valence-electron chi connectivity index (χ0n) is 12.3. The summed E-state index contributed by atoms with van der Waals surface area (Å²) < 4.78 is 0. The predicted octanol–water partition coefficient (Wildman–Crippen LogP) is 2.97. The minimum Gasteiger partial charge on any atom is -0.326 e. The zero-order chi connectivity index (χ0) is 15.1. The van der Waals surface area contributed by atoms with Gasteiger partial charge >= 0.3 is 0 Å². The van der Waals surface area contributed by atoms with Crippen LogP contribution >= 0.6 is 11.8 Å². The first-order chi connectivity index (χ1) is 10.2. The number of carbonyl (C=O) groups excluding carboxylic acids is 1. The molecule has 1 aliphatic heterocycles. The van der Waals surface area contributed by atoms with Crippen molar-refractivity contribution in [1.29, 1.82) is 5.26 Å². The third kappa shape index (κ3) is 4.76. The van der Waals surface area contributed by atoms with Gasteiger partial charge in [0.2, 0.25) is 5.91 Å². The van der Waals surface area contributed by atoms with Crippen LogP contribution in [0.25, 0.3) is 0 Å². The standard InChI is InChI=1S/C16H21N3OS/c1-21-15-7-2-6-14(11-15)18-16(20)13-5-3-9-19(12-13)10-4-8-17/h2,6-7,11,13H,3-5,9-10,12H2,1H3,(H,18,20). The van der Waals surface area contributed by atoms with Gasteiger partial charge in [-0.3, -0.25) is 4.79 Å². The lowest BCUT2D eigenvalue weighted by atomic mass is 9.97. The van der Waals surface area contributed by atoms with E-state index in [1.807, 2.05) is 30.5 Å². The largest absolute Gasteiger partial charge is 0.326 e. The van der Waals surface area contributed by atoms with E-state index >= 15 is 0 Å². The highest BCUT2D eigenvalue weighted by molar-refractivity contribution is 7.98. The summed E-state index contributed by atoms with van der Waals surface area (Å²) in [6.45, 7) is 2.52. The molecule has 0 bridgehead atoms. The van der Waals surface area contributed by atoms with Crippen LogP contribution in [-0.4, -0.2) is 36.7 Å². The van der Waals surface area contributed by atoms with Crippen LogP contribution < -0.4 is 5.32 Å². The van der Waals surface area contributed by atoms with E-state index in [1.54, 1.807) is 11.8 Å². The van der Waals surface area contributed by atoms with Gasteiger partial charge in [0.05, 0.1) is 12.0 Å². The molecule has 4 nitrogen and oxygen atoms in total. The molecule has 1 N–H and O–H groups in total. The van der Waals surface area contributed by atoms with Crippen LogP contribution in [0.2, 0.25) is 0 Å². The fourth-order valence-electron chi connectivity index (χ4n) is 2.63. The van der Waals surface area contributed by atoms with Crippen LogP contribution in [0.4, 0.5) is 5.69 Å². The van der Waals surface area contributed by atoms with Gasteiger partial charge in [-0.15, -0.1) is 11.8 Å². The summed E-state index contributed by atoms with van der Waals surface area (Å²) in [6, 6.07) is 10.1. The first kappa shape index (κ1) is 15.9. The number of benzene rings is 1. The van der Waals surface area contributed by atoms with E-state index in [9.17, 15) is 4.79 Å². The van der Waals surface area contributed by atoms with Crippen LogP contribution in [0.3, 0.4) is 0 Å². The topological polar surface area (TPSA) is 56.1 Å². The van der Waals surface area contributed by atoms with Gasteiger partial charge in [-0.2, -0.15) is 5.26 Å². The fraction of sp³-hybridized carbons (Fsp3) is 0.500. The van der Waals surface area contributed by atoms with Crippen molar-refractivity contribution < 1.29 is 4.79 Å². The van der Waals surface area contributed by atoms with Crippen molar-refractivity contribution in [3.63, 3.8) is 0 Å². The monoisotopic (exact) mass is 303 g/mol. The molecule has 1 heterocycles. The molecule has 1 saturated heterocycles. The quantitative estimate of drug-likeness (QED) is 0.850. The van der Waals surface area contributed by atoms with Gasteiger partial charge in [-0.25, -0.2) is 0 Å². The van der Waals surface area contributed by atoms with Crippen molar-refractivity contribution in [1.82, 2.24) is 4.90 Å². The van der Waals surface area contributed by atoms with Crippen molar-refractivity contribution in [3.05, 3.63) is 24.3 Å². The number of hydrogen-bond donors (Lipinski definition) is 1. The lowest BCUT2D eigenvalue weighted by Crippen LogP contribution is -2.41. The second-order valence-electron chi connectivity index (χ2n) is 5.27. The smallest absolute Gasteiger partial charge is 0.228 e. The fourth-order valence-corrected chi connectivity index (χ4v) is 3.09. The number of anilines is 1. The minimum absolute atomic E-state index is 0.0235. The molecular weight excluding hydrogens is 282 g/mol. The molecule has 0 spiro atoms. The average Bonchev–Trinajstić information content (AvgIpc) is 2.53. The van der Waals surface area contributed by atoms with Gasteiger partial charge in [0.25, 0.3) is 0 Å². The highest BCUT2D eigenvalue weighted by Crippen LogP contribution is 2.22. The van der Waals surface area contributed by atoms with Crippen LogP contribution in [-0.2, 0) is 4.79 Å². The molecular formula is C16H21N3OS. The van der Waals surface area contributed by atoms with Crippen molar-refractivity contribution in [2.45, 2.75) is 24.2 Å². The van der Waals surface area contributed by atoms with Gasteiger partial charge in [0.15, 0.2) is 0 Å². The molecule has 1 atom stereocenters. The number of thioether (sulfide) groups is 1. The maximum absolute atomic E-state index is 12.4. The summed E-state index contributed by atoms with van der Waals surface area (Å²) in [4.78, 5) is 15.7. The Hall–Kier alpha value is -1.51. The molecule has 2 rings (SSSR count). The van der Waals surface area contributed by atoms with Crippen LogP contribution in [0.15, 0.2) is 29.2 Å². The number of likely N-dealkylation sites (tertiary alicyclic amines) is 1. The molecule has 21 heavy (non-hydrogen) atoms. The van der Waals surface area contributed by atoms with Gasteiger partial charge in [0.1, 0.15) is 0 Å². The number of hydrogen-bond acceptors (Lipinski definition) is 4. The van der Waals surface area contributed by atoms with E-state index < -0.39 is 0 Å². The molecule has 1 aliphatic rings. The normalized spacial score (nSPS) is 19.0. The molecule has 1 unspecified atom stereocenters.